The molecule has 1 atom stereocenters. The summed E-state index contributed by atoms with van der Waals surface area (Å²) >= 11 is 0. The smallest absolute Gasteiger partial charge is 0.326 e. The number of carboxylic acids is 1. The zero-order valence-corrected chi connectivity index (χ0v) is 12.5. The lowest BCUT2D eigenvalue weighted by atomic mass is 10.1. The van der Waals surface area contributed by atoms with Crippen molar-refractivity contribution in [1.82, 2.24) is 5.32 Å². The highest BCUT2D eigenvalue weighted by Gasteiger charge is 2.19. The summed E-state index contributed by atoms with van der Waals surface area (Å²) in [6, 6.07) is 4.89. The van der Waals surface area contributed by atoms with Crippen LogP contribution < -0.4 is 26.9 Å². The average Bonchev–Trinajstić information content (AvgIpc) is 2.37. The lowest BCUT2D eigenvalue weighted by molar-refractivity contribution is -0.695. The molecule has 1 aromatic heterocycles. The van der Waals surface area contributed by atoms with E-state index in [1.165, 1.54) is 0 Å². The Labute approximate surface area is 123 Å². The van der Waals surface area contributed by atoms with Crippen molar-refractivity contribution in [2.24, 2.45) is 0 Å². The summed E-state index contributed by atoms with van der Waals surface area (Å²) in [5.74, 6) is -1.20. The highest BCUT2D eigenvalue weighted by atomic mass is 79.9. The van der Waals surface area contributed by atoms with Crippen LogP contribution in [0, 0.1) is 0 Å². The van der Waals surface area contributed by atoms with E-state index in [-0.39, 0.29) is 29.3 Å². The fraction of sp³-hybridized carbons (Fsp3) is 0.462. The van der Waals surface area contributed by atoms with Gasteiger partial charge in [0.25, 0.3) is 0 Å². The molecule has 0 saturated carbocycles. The highest BCUT2D eigenvalue weighted by molar-refractivity contribution is 5.83. The number of hydrogen-bond acceptors (Lipinski definition) is 2. The van der Waals surface area contributed by atoms with E-state index >= 15 is 0 Å². The standard InChI is InChI=1S/C13H18N2O3.BrH/c1-2-6-11(13(17)18)14-12(16)7-10-15-8-4-3-5-9-15;/h3-5,8-9,11H,2,6-7,10H2,1H3,(H-,14,16,17,18);1H. The fourth-order valence-corrected chi connectivity index (χ4v) is 1.63. The molecule has 5 nitrogen and oxygen atoms in total. The van der Waals surface area contributed by atoms with Gasteiger partial charge < -0.3 is 27.4 Å². The maximum atomic E-state index is 11.6. The number of aromatic nitrogens is 1. The van der Waals surface area contributed by atoms with Gasteiger partial charge in [0.2, 0.25) is 5.91 Å². The summed E-state index contributed by atoms with van der Waals surface area (Å²) in [7, 11) is 0. The first-order chi connectivity index (χ1) is 8.63. The number of carbonyl (C=O) groups is 2. The Morgan fingerprint density at radius 3 is 2.42 bits per heavy atom. The van der Waals surface area contributed by atoms with E-state index in [2.05, 4.69) is 5.32 Å². The van der Waals surface area contributed by atoms with Gasteiger partial charge in [-0.3, -0.25) is 4.79 Å². The largest absolute Gasteiger partial charge is 1.00 e. The topological polar surface area (TPSA) is 70.3 Å². The van der Waals surface area contributed by atoms with E-state index in [9.17, 15) is 9.59 Å². The van der Waals surface area contributed by atoms with Crippen molar-refractivity contribution in [2.75, 3.05) is 0 Å². The molecule has 0 bridgehead atoms. The van der Waals surface area contributed by atoms with Crippen molar-refractivity contribution in [1.29, 1.82) is 0 Å². The molecule has 0 radical (unpaired) electrons. The van der Waals surface area contributed by atoms with Crippen LogP contribution in [-0.4, -0.2) is 23.0 Å². The molecule has 0 aromatic carbocycles. The molecule has 19 heavy (non-hydrogen) atoms. The monoisotopic (exact) mass is 330 g/mol. The van der Waals surface area contributed by atoms with Gasteiger partial charge in [-0.15, -0.1) is 0 Å². The van der Waals surface area contributed by atoms with Crippen LogP contribution in [0.25, 0.3) is 0 Å². The Kier molecular flexibility index (Phi) is 8.78. The summed E-state index contributed by atoms with van der Waals surface area (Å²) in [5.41, 5.74) is 0. The van der Waals surface area contributed by atoms with Crippen molar-refractivity contribution >= 4 is 11.9 Å². The molecule has 1 heterocycles. The summed E-state index contributed by atoms with van der Waals surface area (Å²) in [6.07, 6.45) is 5.20. The number of nitrogens with one attached hydrogen (secondary N) is 1. The minimum Gasteiger partial charge on any atom is -1.00 e. The molecular weight excluding hydrogens is 312 g/mol. The molecule has 6 heteroatoms. The fourth-order valence-electron chi connectivity index (χ4n) is 1.63. The third-order valence-corrected chi connectivity index (χ3v) is 2.59. The van der Waals surface area contributed by atoms with Crippen molar-refractivity contribution < 1.29 is 36.2 Å². The minimum absolute atomic E-state index is 0. The summed E-state index contributed by atoms with van der Waals surface area (Å²) in [4.78, 5) is 22.5. The number of aliphatic carboxylic acids is 1. The molecule has 1 rings (SSSR count). The summed E-state index contributed by atoms with van der Waals surface area (Å²) in [6.45, 7) is 2.44. The molecule has 106 valence electrons. The molecule has 2 N–H and O–H groups in total. The predicted octanol–water partition coefficient (Wildman–Crippen LogP) is -2.26. The van der Waals surface area contributed by atoms with Gasteiger partial charge in [-0.1, -0.05) is 19.4 Å². The number of carbonyl (C=O) groups excluding carboxylic acids is 1. The molecule has 1 amide bonds. The van der Waals surface area contributed by atoms with Crippen molar-refractivity contribution in [2.45, 2.75) is 38.8 Å². The van der Waals surface area contributed by atoms with Crippen LogP contribution in [0.3, 0.4) is 0 Å². The maximum Gasteiger partial charge on any atom is 0.326 e. The second-order valence-electron chi connectivity index (χ2n) is 4.11. The van der Waals surface area contributed by atoms with Gasteiger partial charge in [-0.05, 0) is 6.42 Å². The Balaban J connectivity index is 0.00000324. The van der Waals surface area contributed by atoms with Gasteiger partial charge in [0.05, 0.1) is 6.42 Å². The van der Waals surface area contributed by atoms with Gasteiger partial charge in [0, 0.05) is 12.1 Å². The van der Waals surface area contributed by atoms with Crippen molar-refractivity contribution in [3.8, 4) is 0 Å². The second-order valence-corrected chi connectivity index (χ2v) is 4.11. The molecule has 0 aliphatic carbocycles. The number of nitrogens with zero attached hydrogens (tertiary/aromatic N) is 1. The lowest BCUT2D eigenvalue weighted by Crippen LogP contribution is -3.00. The van der Waals surface area contributed by atoms with Crippen LogP contribution in [0.4, 0.5) is 0 Å². The molecule has 0 aliphatic heterocycles. The normalized spacial score (nSPS) is 11.2. The van der Waals surface area contributed by atoms with Gasteiger partial charge in [-0.2, -0.15) is 0 Å². The first kappa shape index (κ1) is 17.6. The number of carboxylic acid groups (broad SMARTS) is 1. The minimum atomic E-state index is -0.974. The number of aryl methyl sites for hydroxylation is 1. The zero-order chi connectivity index (χ0) is 13.4. The van der Waals surface area contributed by atoms with Gasteiger partial charge >= 0.3 is 5.97 Å². The molecule has 1 aromatic rings. The van der Waals surface area contributed by atoms with Gasteiger partial charge in [0.1, 0.15) is 6.04 Å². The number of amides is 1. The lowest BCUT2D eigenvalue weighted by Gasteiger charge is -2.12. The summed E-state index contributed by atoms with van der Waals surface area (Å²) in [5, 5.41) is 11.5. The number of halogens is 1. The SMILES string of the molecule is CCCC(NC(=O)CC[n+]1ccccc1)C(=O)O.[Br-]. The van der Waals surface area contributed by atoms with Crippen LogP contribution >= 0.6 is 0 Å². The predicted molar refractivity (Wildman–Crippen MR) is 65.7 cm³/mol. The third-order valence-electron chi connectivity index (χ3n) is 2.59. The van der Waals surface area contributed by atoms with E-state index in [1.807, 2.05) is 42.1 Å². The maximum absolute atomic E-state index is 11.6. The molecule has 1 unspecified atom stereocenters. The van der Waals surface area contributed by atoms with Crippen LogP contribution in [0.5, 0.6) is 0 Å². The van der Waals surface area contributed by atoms with Crippen molar-refractivity contribution in [3.63, 3.8) is 0 Å². The quantitative estimate of drug-likeness (QED) is 0.554. The number of pyridine rings is 1. The van der Waals surface area contributed by atoms with Crippen molar-refractivity contribution in [3.05, 3.63) is 30.6 Å². The van der Waals surface area contributed by atoms with Gasteiger partial charge in [-0.25, -0.2) is 9.36 Å². The zero-order valence-electron chi connectivity index (χ0n) is 10.9. The Bertz CT molecular complexity index is 398. The van der Waals surface area contributed by atoms with E-state index in [0.29, 0.717) is 13.0 Å². The molecular formula is C13H19BrN2O3. The Hall–Kier alpha value is -1.43. The summed E-state index contributed by atoms with van der Waals surface area (Å²) < 4.78 is 1.88. The highest BCUT2D eigenvalue weighted by Crippen LogP contribution is 1.97. The molecule has 0 fully saturated rings. The molecule has 0 saturated heterocycles. The molecule has 0 aliphatic rings. The van der Waals surface area contributed by atoms with E-state index in [4.69, 9.17) is 5.11 Å². The number of rotatable bonds is 7. The van der Waals surface area contributed by atoms with Crippen LogP contribution in [0.2, 0.25) is 0 Å². The van der Waals surface area contributed by atoms with Crippen LogP contribution in [0.15, 0.2) is 30.6 Å². The first-order valence-electron chi connectivity index (χ1n) is 6.09. The molecule has 0 spiro atoms. The average molecular weight is 331 g/mol. The van der Waals surface area contributed by atoms with E-state index in [1.54, 1.807) is 0 Å². The van der Waals surface area contributed by atoms with Gasteiger partial charge in [0.15, 0.2) is 18.9 Å². The Morgan fingerprint density at radius 2 is 1.89 bits per heavy atom. The second kappa shape index (κ2) is 9.49. The third kappa shape index (κ3) is 6.91. The first-order valence-corrected chi connectivity index (χ1v) is 6.09. The Morgan fingerprint density at radius 1 is 1.26 bits per heavy atom. The number of hydrogen-bond donors (Lipinski definition) is 2. The van der Waals surface area contributed by atoms with Crippen LogP contribution in [-0.2, 0) is 16.1 Å². The van der Waals surface area contributed by atoms with Crippen LogP contribution in [0.1, 0.15) is 26.2 Å². The van der Waals surface area contributed by atoms with E-state index < -0.39 is 12.0 Å². The van der Waals surface area contributed by atoms with E-state index in [0.717, 1.165) is 6.42 Å².